The Bertz CT molecular complexity index is 774. The van der Waals surface area contributed by atoms with Gasteiger partial charge in [-0.25, -0.2) is 15.0 Å². The molecule has 0 radical (unpaired) electrons. The molecule has 2 aromatic rings. The van der Waals surface area contributed by atoms with E-state index in [1.807, 2.05) is 0 Å². The van der Waals surface area contributed by atoms with Gasteiger partial charge in [0.2, 0.25) is 5.72 Å². The number of ether oxygens (including phenoxy) is 1. The number of imidazole rings is 1. The molecule has 0 saturated carbocycles. The van der Waals surface area contributed by atoms with Gasteiger partial charge >= 0.3 is 0 Å². The smallest absolute Gasteiger partial charge is 0.200 e. The molecule has 3 heterocycles. The molecule has 0 spiro atoms. The first kappa shape index (κ1) is 15.4. The van der Waals surface area contributed by atoms with E-state index >= 15 is 0 Å². The molecule has 0 unspecified atom stereocenters. The molecule has 0 bridgehead atoms. The minimum atomic E-state index is -1.98. The van der Waals surface area contributed by atoms with E-state index in [2.05, 4.69) is 30.3 Å². The van der Waals surface area contributed by atoms with Crippen LogP contribution in [-0.4, -0.2) is 66.4 Å². The Morgan fingerprint density at radius 3 is 2.91 bits per heavy atom. The molecular weight excluding hydrogens is 308 g/mol. The average Bonchev–Trinajstić information content (AvgIpc) is 3.10. The summed E-state index contributed by atoms with van der Waals surface area (Å²) in [6, 6.07) is 0. The molecule has 1 saturated heterocycles. The Labute approximate surface area is 129 Å². The van der Waals surface area contributed by atoms with Gasteiger partial charge in [-0.15, -0.1) is 0 Å². The van der Waals surface area contributed by atoms with Crippen molar-refractivity contribution in [3.63, 3.8) is 0 Å². The van der Waals surface area contributed by atoms with Crippen LogP contribution in [0.5, 0.6) is 0 Å². The molecule has 0 amide bonds. The number of hydrogen-bond acceptors (Lipinski definition) is 9. The van der Waals surface area contributed by atoms with Gasteiger partial charge in [0, 0.05) is 12.0 Å². The van der Waals surface area contributed by atoms with E-state index in [4.69, 9.17) is 10.3 Å². The van der Waals surface area contributed by atoms with Crippen LogP contribution in [0, 0.1) is 0 Å². The number of aliphatic hydroxyl groups excluding tert-OH is 3. The lowest BCUT2D eigenvalue weighted by atomic mass is 10.1. The number of hydrogen-bond donors (Lipinski definition) is 4. The summed E-state index contributed by atoms with van der Waals surface area (Å²) in [5.41, 5.74) is 7.41. The molecule has 0 aromatic carbocycles. The Morgan fingerprint density at radius 1 is 1.48 bits per heavy atom. The highest BCUT2D eigenvalue weighted by atomic mass is 16.6. The van der Waals surface area contributed by atoms with Crippen LogP contribution in [0.2, 0.25) is 0 Å². The zero-order valence-electron chi connectivity index (χ0n) is 12.0. The highest BCUT2D eigenvalue weighted by molar-refractivity contribution is 5.82. The molecule has 1 aliphatic rings. The lowest BCUT2D eigenvalue weighted by Crippen LogP contribution is -2.44. The van der Waals surface area contributed by atoms with Crippen LogP contribution >= 0.6 is 0 Å². The molecule has 4 atom stereocenters. The van der Waals surface area contributed by atoms with E-state index in [1.165, 1.54) is 17.2 Å². The molecule has 12 nitrogen and oxygen atoms in total. The van der Waals surface area contributed by atoms with Gasteiger partial charge in [0.15, 0.2) is 17.7 Å². The minimum Gasteiger partial charge on any atom is -0.393 e. The highest BCUT2D eigenvalue weighted by Gasteiger charge is 2.55. The summed E-state index contributed by atoms with van der Waals surface area (Å²) in [4.78, 5) is 14.8. The first-order chi connectivity index (χ1) is 11.1. The summed E-state index contributed by atoms with van der Waals surface area (Å²) in [6.45, 7) is -0.796. The fraction of sp³-hybridized carbons (Fsp3) is 0.545. The third-order valence-electron chi connectivity index (χ3n) is 3.71. The molecule has 1 fully saturated rings. The second-order valence-electron chi connectivity index (χ2n) is 4.93. The predicted octanol–water partition coefficient (Wildman–Crippen LogP) is -0.883. The fourth-order valence-corrected chi connectivity index (χ4v) is 2.53. The number of nitrogens with zero attached hydrogens (tertiary/aromatic N) is 7. The van der Waals surface area contributed by atoms with Crippen molar-refractivity contribution in [2.45, 2.75) is 24.2 Å². The lowest BCUT2D eigenvalue weighted by Gasteiger charge is -2.23. The van der Waals surface area contributed by atoms with Crippen molar-refractivity contribution in [2.75, 3.05) is 19.0 Å². The molecular formula is C11H14N8O4. The van der Waals surface area contributed by atoms with Crippen molar-refractivity contribution in [1.82, 2.24) is 19.5 Å². The van der Waals surface area contributed by atoms with Gasteiger partial charge in [-0.2, -0.15) is 0 Å². The summed E-state index contributed by atoms with van der Waals surface area (Å²) in [5.74, 6) is 0.477. The van der Waals surface area contributed by atoms with Crippen molar-refractivity contribution in [2.24, 2.45) is 5.11 Å². The normalized spacial score (nSPS) is 30.3. The molecule has 122 valence electrons. The zero-order valence-corrected chi connectivity index (χ0v) is 12.0. The van der Waals surface area contributed by atoms with Crippen LogP contribution in [0.25, 0.3) is 21.6 Å². The summed E-state index contributed by atoms with van der Waals surface area (Å²) in [5, 5.41) is 35.9. The van der Waals surface area contributed by atoms with Crippen molar-refractivity contribution >= 4 is 17.0 Å². The minimum absolute atomic E-state index is 0.343. The Kier molecular flexibility index (Phi) is 3.75. The van der Waals surface area contributed by atoms with Gasteiger partial charge in [0.25, 0.3) is 0 Å². The number of azide groups is 1. The van der Waals surface area contributed by atoms with Crippen LogP contribution in [0.4, 0.5) is 5.82 Å². The molecule has 3 rings (SSSR count). The van der Waals surface area contributed by atoms with Crippen molar-refractivity contribution in [3.8, 4) is 0 Å². The molecule has 4 N–H and O–H groups in total. The van der Waals surface area contributed by atoms with Crippen LogP contribution in [0.1, 0.15) is 6.23 Å². The Balaban J connectivity index is 2.08. The summed E-state index contributed by atoms with van der Waals surface area (Å²) in [6.07, 6.45) is -1.57. The van der Waals surface area contributed by atoms with E-state index in [1.54, 1.807) is 7.05 Å². The van der Waals surface area contributed by atoms with Crippen molar-refractivity contribution < 1.29 is 20.1 Å². The summed E-state index contributed by atoms with van der Waals surface area (Å²) < 4.78 is 6.83. The largest absolute Gasteiger partial charge is 0.393 e. The lowest BCUT2D eigenvalue weighted by molar-refractivity contribution is -0.123. The fourth-order valence-electron chi connectivity index (χ4n) is 2.53. The Hall–Kier alpha value is -2.50. The maximum atomic E-state index is 10.2. The highest BCUT2D eigenvalue weighted by Crippen LogP contribution is 2.39. The first-order valence-electron chi connectivity index (χ1n) is 6.64. The second-order valence-corrected chi connectivity index (χ2v) is 4.93. The first-order valence-corrected chi connectivity index (χ1v) is 6.64. The Morgan fingerprint density at radius 2 is 2.26 bits per heavy atom. The van der Waals surface area contributed by atoms with E-state index in [0.717, 1.165) is 0 Å². The van der Waals surface area contributed by atoms with E-state index < -0.39 is 30.8 Å². The number of rotatable bonds is 4. The topological polar surface area (TPSA) is 174 Å². The number of fused-ring (bicyclic) bond motifs is 1. The van der Waals surface area contributed by atoms with Gasteiger partial charge in [-0.1, -0.05) is 5.11 Å². The number of anilines is 1. The molecule has 2 aromatic heterocycles. The van der Waals surface area contributed by atoms with Gasteiger partial charge < -0.3 is 25.4 Å². The van der Waals surface area contributed by atoms with Gasteiger partial charge in [0.1, 0.15) is 24.1 Å². The van der Waals surface area contributed by atoms with Gasteiger partial charge in [0.05, 0.1) is 12.9 Å². The van der Waals surface area contributed by atoms with Crippen LogP contribution in [0.3, 0.4) is 0 Å². The number of nitrogens with one attached hydrogen (secondary N) is 1. The monoisotopic (exact) mass is 322 g/mol. The quantitative estimate of drug-likeness (QED) is 0.318. The number of aliphatic hydroxyl groups is 3. The molecule has 0 aliphatic carbocycles. The summed E-state index contributed by atoms with van der Waals surface area (Å²) >= 11 is 0. The van der Waals surface area contributed by atoms with E-state index in [-0.39, 0.29) is 0 Å². The molecule has 1 aliphatic heterocycles. The third kappa shape index (κ3) is 2.17. The third-order valence-corrected chi connectivity index (χ3v) is 3.71. The molecule has 12 heteroatoms. The molecule has 23 heavy (non-hydrogen) atoms. The number of aromatic nitrogens is 4. The maximum Gasteiger partial charge on any atom is 0.200 e. The zero-order chi connectivity index (χ0) is 16.6. The van der Waals surface area contributed by atoms with Gasteiger partial charge in [-0.3, -0.25) is 4.57 Å². The van der Waals surface area contributed by atoms with Crippen molar-refractivity contribution in [1.29, 1.82) is 0 Å². The van der Waals surface area contributed by atoms with E-state index in [0.29, 0.717) is 17.0 Å². The standard InChI is InChI=1S/C11H14N8O4/c1-13-8-5-9(15-3-14-8)19(4-16-5)10-6(21)7(22)11(2-20,23-10)17-18-12/h3-4,6-7,10,20-22H,2H2,1H3,(H,13,14,15)/t6-,7-,10+,11+/m0/s1. The maximum absolute atomic E-state index is 10.2. The van der Waals surface area contributed by atoms with Gasteiger partial charge in [-0.05, 0) is 5.53 Å². The van der Waals surface area contributed by atoms with Crippen LogP contribution < -0.4 is 5.32 Å². The predicted molar refractivity (Wildman–Crippen MR) is 76.0 cm³/mol. The van der Waals surface area contributed by atoms with E-state index in [9.17, 15) is 15.3 Å². The van der Waals surface area contributed by atoms with Crippen LogP contribution in [-0.2, 0) is 4.74 Å². The SMILES string of the molecule is CNc1ncnc2c1ncn2[C@@H]1O[C@@](CO)(N=[N+]=[N-])[C@@H](O)[C@@H]1O. The average molecular weight is 322 g/mol. The summed E-state index contributed by atoms with van der Waals surface area (Å²) in [7, 11) is 1.67. The van der Waals surface area contributed by atoms with Crippen molar-refractivity contribution in [3.05, 3.63) is 23.1 Å². The second kappa shape index (κ2) is 5.61. The van der Waals surface area contributed by atoms with Crippen LogP contribution in [0.15, 0.2) is 17.8 Å².